The summed E-state index contributed by atoms with van der Waals surface area (Å²) in [5.74, 6) is 0.905. The summed E-state index contributed by atoms with van der Waals surface area (Å²) in [4.78, 5) is 7.11. The van der Waals surface area contributed by atoms with Gasteiger partial charge in [0.05, 0.1) is 12.8 Å². The van der Waals surface area contributed by atoms with Crippen molar-refractivity contribution in [1.82, 2.24) is 15.2 Å². The molecule has 1 N–H and O–H groups in total. The third-order valence-corrected chi connectivity index (χ3v) is 3.52. The molecule has 1 saturated heterocycles. The molecule has 100 valence electrons. The number of nitrogens with zero attached hydrogens (tertiary/aromatic N) is 2. The van der Waals surface area contributed by atoms with E-state index < -0.39 is 0 Å². The normalized spacial score (nSPS) is 20.3. The molecule has 0 aliphatic carbocycles. The van der Waals surface area contributed by atoms with E-state index in [4.69, 9.17) is 4.74 Å². The number of hydrogen-bond acceptors (Lipinski definition) is 4. The minimum Gasteiger partial charge on any atom is -0.497 e. The lowest BCUT2D eigenvalue weighted by molar-refractivity contribution is 0.239. The molecule has 1 unspecified atom stereocenters. The largest absolute Gasteiger partial charge is 0.497 e. The predicted molar refractivity (Wildman–Crippen MR) is 72.9 cm³/mol. The van der Waals surface area contributed by atoms with Crippen LogP contribution in [-0.4, -0.2) is 43.2 Å². The lowest BCUT2D eigenvalue weighted by atomic mass is 10.2. The van der Waals surface area contributed by atoms with Crippen molar-refractivity contribution >= 4 is 0 Å². The second-order valence-corrected chi connectivity index (χ2v) is 4.96. The van der Waals surface area contributed by atoms with E-state index in [1.165, 1.54) is 19.4 Å². The van der Waals surface area contributed by atoms with Gasteiger partial charge >= 0.3 is 0 Å². The standard InChI is InChI=1S/C14H23N3O/c1-11-7-14(18-3)8-12(16-11)10-17-6-4-5-13(17)9-15-2/h7-8,13,15H,4-6,9-10H2,1-3H3. The molecule has 1 aromatic heterocycles. The Bertz CT molecular complexity index is 395. The van der Waals surface area contributed by atoms with Gasteiger partial charge in [0.15, 0.2) is 0 Å². The van der Waals surface area contributed by atoms with E-state index in [2.05, 4.69) is 15.2 Å². The number of hydrogen-bond donors (Lipinski definition) is 1. The maximum atomic E-state index is 5.30. The van der Waals surface area contributed by atoms with Crippen molar-refractivity contribution in [2.45, 2.75) is 32.4 Å². The van der Waals surface area contributed by atoms with Crippen LogP contribution in [0.25, 0.3) is 0 Å². The Labute approximate surface area is 109 Å². The highest BCUT2D eigenvalue weighted by molar-refractivity contribution is 5.26. The quantitative estimate of drug-likeness (QED) is 0.860. The van der Waals surface area contributed by atoms with Gasteiger partial charge < -0.3 is 10.1 Å². The van der Waals surface area contributed by atoms with E-state index in [1.807, 2.05) is 26.1 Å². The number of aromatic nitrogens is 1. The molecule has 4 heteroatoms. The average molecular weight is 249 g/mol. The summed E-state index contributed by atoms with van der Waals surface area (Å²) >= 11 is 0. The molecule has 0 radical (unpaired) electrons. The molecule has 4 nitrogen and oxygen atoms in total. The minimum atomic E-state index is 0.642. The van der Waals surface area contributed by atoms with Crippen LogP contribution in [0.5, 0.6) is 5.75 Å². The maximum Gasteiger partial charge on any atom is 0.122 e. The Morgan fingerprint density at radius 1 is 1.50 bits per heavy atom. The second kappa shape index (κ2) is 6.16. The zero-order valence-electron chi connectivity index (χ0n) is 11.6. The van der Waals surface area contributed by atoms with Gasteiger partial charge in [-0.3, -0.25) is 9.88 Å². The molecule has 2 heterocycles. The van der Waals surface area contributed by atoms with E-state index >= 15 is 0 Å². The SMILES string of the molecule is CNCC1CCCN1Cc1cc(OC)cc(C)n1. The third-order valence-electron chi connectivity index (χ3n) is 3.52. The van der Waals surface area contributed by atoms with Gasteiger partial charge in [0.1, 0.15) is 5.75 Å². The highest BCUT2D eigenvalue weighted by Crippen LogP contribution is 2.21. The van der Waals surface area contributed by atoms with Crippen molar-refractivity contribution in [3.63, 3.8) is 0 Å². The number of methoxy groups -OCH3 is 1. The van der Waals surface area contributed by atoms with Crippen LogP contribution >= 0.6 is 0 Å². The van der Waals surface area contributed by atoms with Crippen LogP contribution in [0.3, 0.4) is 0 Å². The first-order valence-corrected chi connectivity index (χ1v) is 6.63. The Morgan fingerprint density at radius 3 is 3.06 bits per heavy atom. The monoisotopic (exact) mass is 249 g/mol. The molecule has 0 spiro atoms. The van der Waals surface area contributed by atoms with E-state index in [1.54, 1.807) is 7.11 Å². The van der Waals surface area contributed by atoms with Crippen molar-refractivity contribution in [1.29, 1.82) is 0 Å². The number of likely N-dealkylation sites (tertiary alicyclic amines) is 1. The summed E-state index contributed by atoms with van der Waals surface area (Å²) in [6.45, 7) is 5.17. The van der Waals surface area contributed by atoms with Crippen LogP contribution in [0.15, 0.2) is 12.1 Å². The number of ether oxygens (including phenoxy) is 1. The van der Waals surface area contributed by atoms with Crippen LogP contribution in [0.4, 0.5) is 0 Å². The number of aryl methyl sites for hydroxylation is 1. The first kappa shape index (κ1) is 13.3. The molecule has 1 aromatic rings. The molecule has 1 aliphatic heterocycles. The number of rotatable bonds is 5. The Hall–Kier alpha value is -1.13. The molecule has 0 amide bonds. The van der Waals surface area contributed by atoms with Crippen molar-refractivity contribution in [2.75, 3.05) is 27.2 Å². The van der Waals surface area contributed by atoms with Crippen molar-refractivity contribution in [3.05, 3.63) is 23.5 Å². The third kappa shape index (κ3) is 3.21. The summed E-state index contributed by atoms with van der Waals surface area (Å²) in [5, 5.41) is 3.27. The molecule has 1 atom stereocenters. The van der Waals surface area contributed by atoms with Crippen LogP contribution in [0.2, 0.25) is 0 Å². The molecular weight excluding hydrogens is 226 g/mol. The van der Waals surface area contributed by atoms with Gasteiger partial charge in [-0.05, 0) is 33.4 Å². The van der Waals surface area contributed by atoms with E-state index in [9.17, 15) is 0 Å². The first-order chi connectivity index (χ1) is 8.72. The molecule has 1 fully saturated rings. The highest BCUT2D eigenvalue weighted by Gasteiger charge is 2.24. The fraction of sp³-hybridized carbons (Fsp3) is 0.643. The van der Waals surface area contributed by atoms with Crippen LogP contribution in [0, 0.1) is 6.92 Å². The molecule has 0 aromatic carbocycles. The summed E-state index contributed by atoms with van der Waals surface area (Å²) in [6.07, 6.45) is 2.57. The van der Waals surface area contributed by atoms with E-state index in [-0.39, 0.29) is 0 Å². The minimum absolute atomic E-state index is 0.642. The van der Waals surface area contributed by atoms with E-state index in [0.29, 0.717) is 6.04 Å². The maximum absolute atomic E-state index is 5.30. The summed E-state index contributed by atoms with van der Waals surface area (Å²) in [6, 6.07) is 4.66. The van der Waals surface area contributed by atoms with Crippen molar-refractivity contribution in [2.24, 2.45) is 0 Å². The number of nitrogens with one attached hydrogen (secondary N) is 1. The van der Waals surface area contributed by atoms with Gasteiger partial charge in [-0.15, -0.1) is 0 Å². The summed E-state index contributed by atoms with van der Waals surface area (Å²) in [7, 11) is 3.72. The fourth-order valence-electron chi connectivity index (χ4n) is 2.68. The van der Waals surface area contributed by atoms with Gasteiger partial charge in [-0.1, -0.05) is 0 Å². The first-order valence-electron chi connectivity index (χ1n) is 6.63. The van der Waals surface area contributed by atoms with Gasteiger partial charge in [-0.2, -0.15) is 0 Å². The van der Waals surface area contributed by atoms with Gasteiger partial charge in [0.2, 0.25) is 0 Å². The predicted octanol–water partition coefficient (Wildman–Crippen LogP) is 1.58. The molecule has 0 saturated carbocycles. The van der Waals surface area contributed by atoms with Crippen LogP contribution in [-0.2, 0) is 6.54 Å². The zero-order valence-corrected chi connectivity index (χ0v) is 11.6. The molecule has 2 rings (SSSR count). The fourth-order valence-corrected chi connectivity index (χ4v) is 2.68. The number of likely N-dealkylation sites (N-methyl/N-ethyl adjacent to an activating group) is 1. The molecular formula is C14H23N3O. The molecule has 1 aliphatic rings. The number of pyridine rings is 1. The lowest BCUT2D eigenvalue weighted by Crippen LogP contribution is -2.36. The van der Waals surface area contributed by atoms with Crippen LogP contribution < -0.4 is 10.1 Å². The summed E-state index contributed by atoms with van der Waals surface area (Å²) in [5.41, 5.74) is 2.13. The molecule has 18 heavy (non-hydrogen) atoms. The van der Waals surface area contributed by atoms with E-state index in [0.717, 1.165) is 30.2 Å². The van der Waals surface area contributed by atoms with Gasteiger partial charge in [0.25, 0.3) is 0 Å². The highest BCUT2D eigenvalue weighted by atomic mass is 16.5. The smallest absolute Gasteiger partial charge is 0.122 e. The topological polar surface area (TPSA) is 37.4 Å². The van der Waals surface area contributed by atoms with Gasteiger partial charge in [-0.25, -0.2) is 0 Å². The second-order valence-electron chi connectivity index (χ2n) is 4.96. The van der Waals surface area contributed by atoms with Crippen molar-refractivity contribution < 1.29 is 4.74 Å². The zero-order chi connectivity index (χ0) is 13.0. The Kier molecular flexibility index (Phi) is 4.55. The van der Waals surface area contributed by atoms with Crippen LogP contribution in [0.1, 0.15) is 24.2 Å². The summed E-state index contributed by atoms with van der Waals surface area (Å²) < 4.78 is 5.30. The molecule has 0 bridgehead atoms. The van der Waals surface area contributed by atoms with Crippen molar-refractivity contribution in [3.8, 4) is 5.75 Å². The Balaban J connectivity index is 2.06. The lowest BCUT2D eigenvalue weighted by Gasteiger charge is -2.24. The van der Waals surface area contributed by atoms with Gasteiger partial charge in [0, 0.05) is 37.0 Å². The Morgan fingerprint density at radius 2 is 2.33 bits per heavy atom. The average Bonchev–Trinajstić information content (AvgIpc) is 2.76.